The van der Waals surface area contributed by atoms with Gasteiger partial charge >= 0.3 is 0 Å². The maximum Gasteiger partial charge on any atom is 0.138 e. The van der Waals surface area contributed by atoms with Gasteiger partial charge in [0.15, 0.2) is 0 Å². The highest BCUT2D eigenvalue weighted by Gasteiger charge is 1.95. The minimum Gasteiger partial charge on any atom is -0.373 e. The van der Waals surface area contributed by atoms with E-state index >= 15 is 0 Å². The van der Waals surface area contributed by atoms with Crippen molar-refractivity contribution in [2.75, 3.05) is 6.54 Å². The summed E-state index contributed by atoms with van der Waals surface area (Å²) < 4.78 is 0. The Morgan fingerprint density at radius 2 is 2.30 bits per heavy atom. The Kier molecular flexibility index (Phi) is 6.55. The molecule has 0 aliphatic heterocycles. The molecule has 1 atom stereocenters. The number of hydrogen-bond donors (Lipinski definition) is 1. The first-order valence-corrected chi connectivity index (χ1v) is 3.78. The minimum absolute atomic E-state index is 0.656. The third-order valence-electron chi connectivity index (χ3n) is 1.29. The lowest BCUT2D eigenvalue weighted by Crippen LogP contribution is -2.19. The molecular weight excluding hydrogens is 126 g/mol. The summed E-state index contributed by atoms with van der Waals surface area (Å²) in [5.41, 5.74) is 0. The third-order valence-corrected chi connectivity index (χ3v) is 1.29. The van der Waals surface area contributed by atoms with Crippen LogP contribution in [0.4, 0.5) is 0 Å². The van der Waals surface area contributed by atoms with Gasteiger partial charge in [-0.1, -0.05) is 26.3 Å². The molecule has 0 amide bonds. The highest BCUT2D eigenvalue weighted by atomic mass is 16.3. The molecule has 0 rings (SSSR count). The first-order chi connectivity index (χ1) is 4.81. The number of nitrogens with zero attached hydrogens (tertiary/aromatic N) is 1. The van der Waals surface area contributed by atoms with E-state index in [1.54, 1.807) is 0 Å². The summed E-state index contributed by atoms with van der Waals surface area (Å²) in [6.07, 6.45) is 4.23. The first kappa shape index (κ1) is 9.66. The standard InChI is InChI=1S/C8H16NO/c1-3-5-6-7-9-8(10)4-2/h4,8,10H,2-3,5-7H2,1H3. The van der Waals surface area contributed by atoms with Crippen molar-refractivity contribution in [1.29, 1.82) is 0 Å². The van der Waals surface area contributed by atoms with Crippen LogP contribution in [0.5, 0.6) is 0 Å². The molecule has 0 spiro atoms. The molecule has 0 bridgehead atoms. The summed E-state index contributed by atoms with van der Waals surface area (Å²) in [5.74, 6) is 0. The van der Waals surface area contributed by atoms with E-state index in [0.717, 1.165) is 13.0 Å². The average Bonchev–Trinajstić information content (AvgIpc) is 1.98. The van der Waals surface area contributed by atoms with Gasteiger partial charge in [0.2, 0.25) is 0 Å². The maximum atomic E-state index is 8.87. The number of hydrogen-bond acceptors (Lipinski definition) is 1. The molecule has 59 valence electrons. The first-order valence-electron chi connectivity index (χ1n) is 3.78. The van der Waals surface area contributed by atoms with Crippen molar-refractivity contribution >= 4 is 0 Å². The van der Waals surface area contributed by atoms with Gasteiger partial charge < -0.3 is 5.11 Å². The molecule has 0 aromatic carbocycles. The van der Waals surface area contributed by atoms with E-state index in [1.807, 2.05) is 0 Å². The Labute approximate surface area is 62.9 Å². The summed E-state index contributed by atoms with van der Waals surface area (Å²) in [5, 5.41) is 12.8. The van der Waals surface area contributed by atoms with Crippen molar-refractivity contribution in [3.8, 4) is 0 Å². The van der Waals surface area contributed by atoms with Crippen LogP contribution < -0.4 is 5.32 Å². The van der Waals surface area contributed by atoms with E-state index in [1.165, 1.54) is 18.9 Å². The second-order valence-electron chi connectivity index (χ2n) is 2.26. The van der Waals surface area contributed by atoms with Crippen molar-refractivity contribution in [2.24, 2.45) is 0 Å². The van der Waals surface area contributed by atoms with E-state index in [2.05, 4.69) is 18.8 Å². The van der Waals surface area contributed by atoms with Crippen LogP contribution in [0.1, 0.15) is 26.2 Å². The topological polar surface area (TPSA) is 34.3 Å². The second kappa shape index (κ2) is 6.78. The van der Waals surface area contributed by atoms with Crippen LogP contribution in [0.3, 0.4) is 0 Å². The molecule has 0 saturated carbocycles. The molecule has 0 heterocycles. The van der Waals surface area contributed by atoms with E-state index in [-0.39, 0.29) is 0 Å². The predicted octanol–water partition coefficient (Wildman–Crippen LogP) is 1.29. The maximum absolute atomic E-state index is 8.87. The zero-order valence-corrected chi connectivity index (χ0v) is 6.58. The van der Waals surface area contributed by atoms with Crippen molar-refractivity contribution in [2.45, 2.75) is 32.4 Å². The van der Waals surface area contributed by atoms with E-state index in [4.69, 9.17) is 5.11 Å². The molecular formula is C8H16NO. The zero-order chi connectivity index (χ0) is 7.82. The summed E-state index contributed by atoms with van der Waals surface area (Å²) in [4.78, 5) is 0. The lowest BCUT2D eigenvalue weighted by molar-refractivity contribution is 0.180. The van der Waals surface area contributed by atoms with E-state index in [0.29, 0.717) is 0 Å². The van der Waals surface area contributed by atoms with Crippen LogP contribution in [0.2, 0.25) is 0 Å². The Morgan fingerprint density at radius 3 is 2.80 bits per heavy atom. The van der Waals surface area contributed by atoms with E-state index in [9.17, 15) is 0 Å². The smallest absolute Gasteiger partial charge is 0.138 e. The van der Waals surface area contributed by atoms with Gasteiger partial charge in [-0.15, -0.1) is 0 Å². The van der Waals surface area contributed by atoms with Crippen LogP contribution >= 0.6 is 0 Å². The summed E-state index contributed by atoms with van der Waals surface area (Å²) in [6.45, 7) is 6.31. The van der Waals surface area contributed by atoms with Crippen LogP contribution in [-0.4, -0.2) is 17.9 Å². The molecule has 2 nitrogen and oxygen atoms in total. The van der Waals surface area contributed by atoms with Crippen LogP contribution in [0, 0.1) is 0 Å². The monoisotopic (exact) mass is 142 g/mol. The van der Waals surface area contributed by atoms with Gasteiger partial charge in [0.05, 0.1) is 0 Å². The van der Waals surface area contributed by atoms with Gasteiger partial charge in [-0.2, -0.15) is 0 Å². The number of aliphatic hydroxyl groups excluding tert-OH is 1. The van der Waals surface area contributed by atoms with Crippen molar-refractivity contribution in [3.63, 3.8) is 0 Å². The molecule has 2 heteroatoms. The fourth-order valence-electron chi connectivity index (χ4n) is 0.660. The van der Waals surface area contributed by atoms with E-state index < -0.39 is 6.23 Å². The van der Waals surface area contributed by atoms with Gasteiger partial charge in [0.1, 0.15) is 6.23 Å². The predicted molar refractivity (Wildman–Crippen MR) is 42.7 cm³/mol. The largest absolute Gasteiger partial charge is 0.373 e. The Hall–Kier alpha value is -0.340. The molecule has 0 aromatic heterocycles. The highest BCUT2D eigenvalue weighted by Crippen LogP contribution is 1.92. The van der Waals surface area contributed by atoms with Crippen LogP contribution in [0.25, 0.3) is 0 Å². The summed E-state index contributed by atoms with van der Waals surface area (Å²) >= 11 is 0. The SMILES string of the molecule is C=CC(O)[N]CCCCC. The Morgan fingerprint density at radius 1 is 1.60 bits per heavy atom. The lowest BCUT2D eigenvalue weighted by atomic mass is 10.2. The van der Waals surface area contributed by atoms with Crippen LogP contribution in [0.15, 0.2) is 12.7 Å². The van der Waals surface area contributed by atoms with Gasteiger partial charge in [0, 0.05) is 6.54 Å². The Balaban J connectivity index is 2.95. The van der Waals surface area contributed by atoms with Gasteiger partial charge in [-0.25, -0.2) is 5.32 Å². The number of aliphatic hydroxyl groups is 1. The Bertz CT molecular complexity index is 83.3. The molecule has 0 aromatic rings. The molecule has 10 heavy (non-hydrogen) atoms. The normalized spacial score (nSPS) is 13.0. The molecule has 1 radical (unpaired) electrons. The van der Waals surface area contributed by atoms with Crippen molar-refractivity contribution in [3.05, 3.63) is 12.7 Å². The minimum atomic E-state index is -0.656. The van der Waals surface area contributed by atoms with Gasteiger partial charge in [-0.3, -0.25) is 0 Å². The van der Waals surface area contributed by atoms with Gasteiger partial charge in [-0.05, 0) is 12.5 Å². The molecule has 1 unspecified atom stereocenters. The van der Waals surface area contributed by atoms with Crippen molar-refractivity contribution < 1.29 is 5.11 Å². The molecule has 0 fully saturated rings. The highest BCUT2D eigenvalue weighted by molar-refractivity contribution is 4.74. The number of unbranched alkanes of at least 4 members (excludes halogenated alkanes) is 2. The molecule has 0 aliphatic carbocycles. The zero-order valence-electron chi connectivity index (χ0n) is 6.58. The summed E-state index contributed by atoms with van der Waals surface area (Å²) in [6, 6.07) is 0. The molecule has 0 saturated heterocycles. The fraction of sp³-hybridized carbons (Fsp3) is 0.750. The third kappa shape index (κ3) is 5.79. The molecule has 1 N–H and O–H groups in total. The summed E-state index contributed by atoms with van der Waals surface area (Å²) in [7, 11) is 0. The lowest BCUT2D eigenvalue weighted by Gasteiger charge is -2.03. The van der Waals surface area contributed by atoms with Crippen molar-refractivity contribution in [1.82, 2.24) is 5.32 Å². The second-order valence-corrected chi connectivity index (χ2v) is 2.26. The average molecular weight is 142 g/mol. The molecule has 0 aliphatic rings. The van der Waals surface area contributed by atoms with Crippen LogP contribution in [-0.2, 0) is 0 Å². The fourth-order valence-corrected chi connectivity index (χ4v) is 0.660. The van der Waals surface area contributed by atoms with Gasteiger partial charge in [0.25, 0.3) is 0 Å². The number of rotatable bonds is 6. The quantitative estimate of drug-likeness (QED) is 0.440.